The van der Waals surface area contributed by atoms with Gasteiger partial charge in [-0.25, -0.2) is 8.78 Å². The van der Waals surface area contributed by atoms with Crippen LogP contribution in [-0.4, -0.2) is 11.6 Å². The van der Waals surface area contributed by atoms with E-state index >= 15 is 0 Å². The first kappa shape index (κ1) is 11.7. The van der Waals surface area contributed by atoms with Gasteiger partial charge in [0, 0.05) is 6.07 Å². The van der Waals surface area contributed by atoms with Crippen LogP contribution in [0.5, 0.6) is 5.88 Å². The molecule has 0 bridgehead atoms. The number of ether oxygens (including phenoxy) is 1. The summed E-state index contributed by atoms with van der Waals surface area (Å²) in [7, 11) is 0. The van der Waals surface area contributed by atoms with Gasteiger partial charge in [0.1, 0.15) is 0 Å². The Labute approximate surface area is 87.3 Å². The first-order valence-corrected chi connectivity index (χ1v) is 4.89. The SMILES string of the molecule is CCCCCOc1nc(N)c(F)cc1F. The third-order valence-electron chi connectivity index (χ3n) is 1.91. The fraction of sp³-hybridized carbons (Fsp3) is 0.500. The molecule has 0 saturated heterocycles. The van der Waals surface area contributed by atoms with E-state index < -0.39 is 11.6 Å². The first-order chi connectivity index (χ1) is 7.15. The smallest absolute Gasteiger partial charge is 0.252 e. The number of nitrogen functional groups attached to an aromatic ring is 1. The molecule has 0 atom stereocenters. The Balaban J connectivity index is 2.57. The number of hydrogen-bond acceptors (Lipinski definition) is 3. The lowest BCUT2D eigenvalue weighted by atomic mass is 10.3. The molecule has 0 amide bonds. The van der Waals surface area contributed by atoms with Gasteiger partial charge in [-0.15, -0.1) is 0 Å². The highest BCUT2D eigenvalue weighted by Crippen LogP contribution is 2.18. The lowest BCUT2D eigenvalue weighted by molar-refractivity contribution is 0.278. The summed E-state index contributed by atoms with van der Waals surface area (Å²) in [5.41, 5.74) is 5.19. The monoisotopic (exact) mass is 216 g/mol. The van der Waals surface area contributed by atoms with Crippen molar-refractivity contribution in [1.29, 1.82) is 0 Å². The molecule has 0 aliphatic carbocycles. The van der Waals surface area contributed by atoms with E-state index in [4.69, 9.17) is 10.5 Å². The molecule has 0 spiro atoms. The number of halogens is 2. The van der Waals surface area contributed by atoms with Gasteiger partial charge in [-0.3, -0.25) is 0 Å². The van der Waals surface area contributed by atoms with Crippen molar-refractivity contribution in [2.24, 2.45) is 0 Å². The van der Waals surface area contributed by atoms with Gasteiger partial charge in [0.15, 0.2) is 17.5 Å². The van der Waals surface area contributed by atoms with Crippen LogP contribution in [0.1, 0.15) is 26.2 Å². The number of pyridine rings is 1. The maximum absolute atomic E-state index is 13.1. The van der Waals surface area contributed by atoms with E-state index in [1.165, 1.54) is 0 Å². The van der Waals surface area contributed by atoms with Crippen LogP contribution < -0.4 is 10.5 Å². The highest BCUT2D eigenvalue weighted by atomic mass is 19.1. The van der Waals surface area contributed by atoms with Gasteiger partial charge in [0.05, 0.1) is 6.61 Å². The summed E-state index contributed by atoms with van der Waals surface area (Å²) >= 11 is 0. The van der Waals surface area contributed by atoms with Crippen molar-refractivity contribution >= 4 is 5.82 Å². The van der Waals surface area contributed by atoms with Crippen molar-refractivity contribution in [3.05, 3.63) is 17.7 Å². The summed E-state index contributed by atoms with van der Waals surface area (Å²) in [5.74, 6) is -2.27. The molecule has 1 rings (SSSR count). The molecule has 3 nitrogen and oxygen atoms in total. The normalized spacial score (nSPS) is 10.3. The Kier molecular flexibility index (Phi) is 4.27. The summed E-state index contributed by atoms with van der Waals surface area (Å²) in [4.78, 5) is 3.48. The number of anilines is 1. The number of nitrogens with zero attached hydrogens (tertiary/aromatic N) is 1. The minimum Gasteiger partial charge on any atom is -0.476 e. The van der Waals surface area contributed by atoms with E-state index in [0.29, 0.717) is 12.7 Å². The molecule has 0 aliphatic rings. The van der Waals surface area contributed by atoms with Crippen LogP contribution in [0.4, 0.5) is 14.6 Å². The molecule has 0 aromatic carbocycles. The Morgan fingerprint density at radius 1 is 1.33 bits per heavy atom. The third kappa shape index (κ3) is 3.34. The Morgan fingerprint density at radius 2 is 2.07 bits per heavy atom. The Hall–Kier alpha value is -1.39. The van der Waals surface area contributed by atoms with Crippen LogP contribution in [0.15, 0.2) is 6.07 Å². The quantitative estimate of drug-likeness (QED) is 0.769. The zero-order valence-electron chi connectivity index (χ0n) is 8.59. The second-order valence-corrected chi connectivity index (χ2v) is 3.20. The van der Waals surface area contributed by atoms with Crippen LogP contribution in [0.3, 0.4) is 0 Å². The number of unbranched alkanes of at least 4 members (excludes halogenated alkanes) is 2. The highest BCUT2D eigenvalue weighted by Gasteiger charge is 2.10. The molecule has 0 saturated carbocycles. The molecule has 1 heterocycles. The fourth-order valence-corrected chi connectivity index (χ4v) is 1.09. The highest BCUT2D eigenvalue weighted by molar-refractivity contribution is 5.34. The number of hydrogen-bond donors (Lipinski definition) is 1. The second kappa shape index (κ2) is 5.48. The maximum Gasteiger partial charge on any atom is 0.252 e. The van der Waals surface area contributed by atoms with E-state index in [0.717, 1.165) is 19.3 Å². The minimum absolute atomic E-state index is 0.231. The number of rotatable bonds is 5. The summed E-state index contributed by atoms with van der Waals surface area (Å²) in [6.45, 7) is 2.41. The molecule has 1 aromatic rings. The van der Waals surface area contributed by atoms with Gasteiger partial charge < -0.3 is 10.5 Å². The average Bonchev–Trinajstić information content (AvgIpc) is 2.20. The van der Waals surface area contributed by atoms with Crippen LogP contribution in [0.25, 0.3) is 0 Å². The summed E-state index contributed by atoms with van der Waals surface area (Å²) < 4.78 is 30.8. The lowest BCUT2D eigenvalue weighted by Gasteiger charge is -2.06. The van der Waals surface area contributed by atoms with Crippen LogP contribution >= 0.6 is 0 Å². The second-order valence-electron chi connectivity index (χ2n) is 3.20. The Bertz CT molecular complexity index is 331. The van der Waals surface area contributed by atoms with Crippen molar-refractivity contribution in [1.82, 2.24) is 4.98 Å². The molecule has 0 fully saturated rings. The predicted molar refractivity (Wildman–Crippen MR) is 53.6 cm³/mol. The van der Waals surface area contributed by atoms with Crippen molar-refractivity contribution in [2.75, 3.05) is 12.3 Å². The summed E-state index contributed by atoms with van der Waals surface area (Å²) in [6.07, 6.45) is 2.86. The molecule has 5 heteroatoms. The van der Waals surface area contributed by atoms with Gasteiger partial charge in [-0.2, -0.15) is 4.98 Å². The van der Waals surface area contributed by atoms with Crippen molar-refractivity contribution in [3.8, 4) is 5.88 Å². The molecule has 1 aromatic heterocycles. The Morgan fingerprint density at radius 3 is 2.73 bits per heavy atom. The molecule has 0 unspecified atom stereocenters. The van der Waals surface area contributed by atoms with E-state index in [1.807, 2.05) is 0 Å². The lowest BCUT2D eigenvalue weighted by Crippen LogP contribution is -2.04. The number of aromatic nitrogens is 1. The van der Waals surface area contributed by atoms with Crippen LogP contribution in [0, 0.1) is 11.6 Å². The zero-order valence-corrected chi connectivity index (χ0v) is 8.59. The van der Waals surface area contributed by atoms with Gasteiger partial charge in [0.25, 0.3) is 5.88 Å². The molecule has 2 N–H and O–H groups in total. The first-order valence-electron chi connectivity index (χ1n) is 4.89. The molecular weight excluding hydrogens is 202 g/mol. The molecule has 84 valence electrons. The molecule has 0 aliphatic heterocycles. The largest absolute Gasteiger partial charge is 0.476 e. The minimum atomic E-state index is -0.867. The topological polar surface area (TPSA) is 48.1 Å². The molecule has 15 heavy (non-hydrogen) atoms. The average molecular weight is 216 g/mol. The zero-order chi connectivity index (χ0) is 11.3. The van der Waals surface area contributed by atoms with Crippen LogP contribution in [0.2, 0.25) is 0 Å². The van der Waals surface area contributed by atoms with Gasteiger partial charge in [0.2, 0.25) is 0 Å². The fourth-order valence-electron chi connectivity index (χ4n) is 1.09. The molecule has 0 radical (unpaired) electrons. The summed E-state index contributed by atoms with van der Waals surface area (Å²) in [6, 6.07) is 0.678. The standard InChI is InChI=1S/C10H14F2N2O/c1-2-3-4-5-15-10-8(12)6-7(11)9(13)14-10/h6H,2-5H2,1H3,(H2,13,14). The van der Waals surface area contributed by atoms with Gasteiger partial charge in [-0.1, -0.05) is 19.8 Å². The van der Waals surface area contributed by atoms with Crippen molar-refractivity contribution in [2.45, 2.75) is 26.2 Å². The van der Waals surface area contributed by atoms with E-state index in [9.17, 15) is 8.78 Å². The van der Waals surface area contributed by atoms with Crippen LogP contribution in [-0.2, 0) is 0 Å². The van der Waals surface area contributed by atoms with E-state index in [-0.39, 0.29) is 11.7 Å². The molecular formula is C10H14F2N2O. The maximum atomic E-state index is 13.1. The predicted octanol–water partition coefficient (Wildman–Crippen LogP) is 2.51. The van der Waals surface area contributed by atoms with E-state index in [2.05, 4.69) is 11.9 Å². The van der Waals surface area contributed by atoms with Crippen molar-refractivity contribution in [3.63, 3.8) is 0 Å². The van der Waals surface area contributed by atoms with Crippen molar-refractivity contribution < 1.29 is 13.5 Å². The van der Waals surface area contributed by atoms with Gasteiger partial charge in [-0.05, 0) is 6.42 Å². The third-order valence-corrected chi connectivity index (χ3v) is 1.91. The number of nitrogens with two attached hydrogens (primary N) is 1. The summed E-state index contributed by atoms with van der Waals surface area (Å²) in [5, 5.41) is 0. The van der Waals surface area contributed by atoms with E-state index in [1.54, 1.807) is 0 Å². The van der Waals surface area contributed by atoms with Gasteiger partial charge >= 0.3 is 0 Å².